The summed E-state index contributed by atoms with van der Waals surface area (Å²) in [5.74, 6) is 1.32. The molecule has 0 aliphatic rings. The quantitative estimate of drug-likeness (QED) is 0.327. The number of carbonyl (C=O) groups excluding carboxylic acids is 1. The molecule has 0 aliphatic heterocycles. The molecular formula is C27H28N6O. The van der Waals surface area contributed by atoms with Crippen LogP contribution in [0.25, 0.3) is 32.7 Å². The Morgan fingerprint density at radius 3 is 2.68 bits per heavy atom. The third-order valence-corrected chi connectivity index (χ3v) is 6.15. The molecule has 0 fully saturated rings. The van der Waals surface area contributed by atoms with Crippen molar-refractivity contribution in [2.75, 3.05) is 12.3 Å². The normalized spacial score (nSPS) is 11.4. The molecule has 7 heteroatoms. The third-order valence-electron chi connectivity index (χ3n) is 6.15. The number of benzene rings is 2. The van der Waals surface area contributed by atoms with Gasteiger partial charge in [0, 0.05) is 36.5 Å². The molecule has 7 nitrogen and oxygen atoms in total. The minimum atomic E-state index is -0.161. The number of nitrogens with zero attached hydrogens (tertiary/aromatic N) is 4. The van der Waals surface area contributed by atoms with Crippen LogP contribution < -0.4 is 11.1 Å². The molecule has 3 N–H and O–H groups in total. The van der Waals surface area contributed by atoms with Gasteiger partial charge in [0.05, 0.1) is 11.0 Å². The number of amides is 1. The molecule has 2 aromatic carbocycles. The van der Waals surface area contributed by atoms with E-state index in [0.29, 0.717) is 18.1 Å². The second-order valence-corrected chi connectivity index (χ2v) is 8.52. The van der Waals surface area contributed by atoms with Gasteiger partial charge in [-0.05, 0) is 30.4 Å². The minimum Gasteiger partial charge on any atom is -0.382 e. The number of nitrogens with two attached hydrogens (primary N) is 1. The largest absolute Gasteiger partial charge is 0.382 e. The fourth-order valence-electron chi connectivity index (χ4n) is 4.41. The van der Waals surface area contributed by atoms with Gasteiger partial charge in [-0.15, -0.1) is 0 Å². The van der Waals surface area contributed by atoms with Crippen LogP contribution in [0.2, 0.25) is 0 Å². The van der Waals surface area contributed by atoms with Crippen molar-refractivity contribution in [1.29, 1.82) is 0 Å². The summed E-state index contributed by atoms with van der Waals surface area (Å²) in [5.41, 5.74) is 9.36. The second-order valence-electron chi connectivity index (χ2n) is 8.52. The third kappa shape index (κ3) is 4.17. The van der Waals surface area contributed by atoms with Crippen LogP contribution in [0.5, 0.6) is 0 Å². The summed E-state index contributed by atoms with van der Waals surface area (Å²) < 4.78 is 2.26. The average molecular weight is 453 g/mol. The van der Waals surface area contributed by atoms with Gasteiger partial charge in [-0.3, -0.25) is 9.78 Å². The number of hydrogen-bond acceptors (Lipinski definition) is 5. The first-order valence-electron chi connectivity index (χ1n) is 11.8. The summed E-state index contributed by atoms with van der Waals surface area (Å²) in [7, 11) is 0. The van der Waals surface area contributed by atoms with E-state index in [0.717, 1.165) is 70.8 Å². The van der Waals surface area contributed by atoms with Gasteiger partial charge >= 0.3 is 0 Å². The highest BCUT2D eigenvalue weighted by Crippen LogP contribution is 2.29. The number of aromatic nitrogens is 4. The first-order chi connectivity index (χ1) is 16.7. The molecule has 0 atom stereocenters. The van der Waals surface area contributed by atoms with Crippen molar-refractivity contribution in [3.05, 3.63) is 72.3 Å². The van der Waals surface area contributed by atoms with Gasteiger partial charge in [-0.2, -0.15) is 0 Å². The lowest BCUT2D eigenvalue weighted by molar-refractivity contribution is 0.0948. The van der Waals surface area contributed by atoms with Crippen molar-refractivity contribution in [3.63, 3.8) is 0 Å². The summed E-state index contributed by atoms with van der Waals surface area (Å²) in [5, 5.41) is 6.09. The van der Waals surface area contributed by atoms with Gasteiger partial charge in [0.15, 0.2) is 5.82 Å². The van der Waals surface area contributed by atoms with Crippen molar-refractivity contribution >= 4 is 44.4 Å². The van der Waals surface area contributed by atoms with E-state index in [9.17, 15) is 4.79 Å². The standard InChI is InChI=1S/C27H28N6O/c1-2-3-13-23-32-24-25(20-11-6-7-12-21(20)31-26(24)28)33(23)15-8-14-29-27(34)22-16-18-9-4-5-10-19(18)17-30-22/h4-7,9-12,16-17H,2-3,8,13-15H2,1H3,(H2,28,31)(H,29,34). The van der Waals surface area contributed by atoms with Gasteiger partial charge in [-0.1, -0.05) is 55.8 Å². The predicted octanol–water partition coefficient (Wildman–Crippen LogP) is 4.88. The summed E-state index contributed by atoms with van der Waals surface area (Å²) in [6, 6.07) is 17.8. The molecule has 3 aromatic heterocycles. The Labute approximate surface area is 198 Å². The van der Waals surface area contributed by atoms with Gasteiger partial charge in [0.25, 0.3) is 5.91 Å². The molecule has 0 aliphatic carbocycles. The summed E-state index contributed by atoms with van der Waals surface area (Å²) in [6.45, 7) is 3.45. The Morgan fingerprint density at radius 2 is 1.82 bits per heavy atom. The van der Waals surface area contributed by atoms with Crippen molar-refractivity contribution in [3.8, 4) is 0 Å². The van der Waals surface area contributed by atoms with Crippen LogP contribution in [-0.2, 0) is 13.0 Å². The Hall–Kier alpha value is -4.00. The highest BCUT2D eigenvalue weighted by molar-refractivity contribution is 6.06. The Balaban J connectivity index is 1.35. The molecule has 0 bridgehead atoms. The lowest BCUT2D eigenvalue weighted by Crippen LogP contribution is -2.26. The molecule has 0 radical (unpaired) electrons. The number of carbonyl (C=O) groups is 1. The van der Waals surface area contributed by atoms with Crippen molar-refractivity contribution < 1.29 is 4.79 Å². The molecule has 1 amide bonds. The number of pyridine rings is 2. The SMILES string of the molecule is CCCCc1nc2c(N)nc3ccccc3c2n1CCCNC(=O)c1cc2ccccc2cn1. The molecule has 3 heterocycles. The number of nitrogen functional groups attached to an aromatic ring is 1. The number of anilines is 1. The molecule has 5 aromatic rings. The lowest BCUT2D eigenvalue weighted by atomic mass is 10.1. The molecule has 34 heavy (non-hydrogen) atoms. The van der Waals surface area contributed by atoms with Crippen molar-refractivity contribution in [2.24, 2.45) is 0 Å². The molecule has 5 rings (SSSR count). The second kappa shape index (κ2) is 9.47. The molecular weight excluding hydrogens is 424 g/mol. The first kappa shape index (κ1) is 21.8. The van der Waals surface area contributed by atoms with Gasteiger partial charge in [0.1, 0.15) is 17.0 Å². The number of nitrogens with one attached hydrogen (secondary N) is 1. The van der Waals surface area contributed by atoms with Gasteiger partial charge in [-0.25, -0.2) is 9.97 Å². The molecule has 0 saturated carbocycles. The number of unbranched alkanes of at least 4 members (excludes halogenated alkanes) is 1. The summed E-state index contributed by atoms with van der Waals surface area (Å²) >= 11 is 0. The van der Waals surface area contributed by atoms with E-state index in [1.54, 1.807) is 6.20 Å². The Bertz CT molecular complexity index is 1490. The number of aryl methyl sites for hydroxylation is 2. The zero-order chi connectivity index (χ0) is 23.5. The van der Waals surface area contributed by atoms with Crippen LogP contribution in [-0.4, -0.2) is 32.0 Å². The predicted molar refractivity (Wildman–Crippen MR) is 137 cm³/mol. The Kier molecular flexibility index (Phi) is 6.08. The van der Waals surface area contributed by atoms with Crippen LogP contribution in [0.1, 0.15) is 42.5 Å². The highest BCUT2D eigenvalue weighted by atomic mass is 16.1. The van der Waals surface area contributed by atoms with E-state index in [2.05, 4.69) is 32.8 Å². The number of fused-ring (bicyclic) bond motifs is 4. The first-order valence-corrected chi connectivity index (χ1v) is 11.8. The molecule has 0 saturated heterocycles. The van der Waals surface area contributed by atoms with Crippen LogP contribution in [0.3, 0.4) is 0 Å². The molecule has 0 spiro atoms. The smallest absolute Gasteiger partial charge is 0.269 e. The van der Waals surface area contributed by atoms with E-state index >= 15 is 0 Å². The van der Waals surface area contributed by atoms with E-state index in [1.807, 2.05) is 48.5 Å². The fraction of sp³-hybridized carbons (Fsp3) is 0.259. The van der Waals surface area contributed by atoms with Gasteiger partial charge < -0.3 is 15.6 Å². The number of para-hydroxylation sites is 1. The van der Waals surface area contributed by atoms with E-state index in [-0.39, 0.29) is 5.91 Å². The number of rotatable bonds is 8. The van der Waals surface area contributed by atoms with Crippen LogP contribution >= 0.6 is 0 Å². The number of imidazole rings is 1. The van der Waals surface area contributed by atoms with Gasteiger partial charge in [0.2, 0.25) is 0 Å². The van der Waals surface area contributed by atoms with E-state index in [4.69, 9.17) is 10.7 Å². The maximum Gasteiger partial charge on any atom is 0.269 e. The average Bonchev–Trinajstić information content (AvgIpc) is 3.24. The lowest BCUT2D eigenvalue weighted by Gasteiger charge is -2.11. The van der Waals surface area contributed by atoms with Crippen LogP contribution in [0.4, 0.5) is 5.82 Å². The van der Waals surface area contributed by atoms with E-state index in [1.165, 1.54) is 0 Å². The van der Waals surface area contributed by atoms with Crippen molar-refractivity contribution in [1.82, 2.24) is 24.8 Å². The topological polar surface area (TPSA) is 98.7 Å². The van der Waals surface area contributed by atoms with Crippen LogP contribution in [0.15, 0.2) is 60.8 Å². The molecule has 0 unspecified atom stereocenters. The van der Waals surface area contributed by atoms with E-state index < -0.39 is 0 Å². The summed E-state index contributed by atoms with van der Waals surface area (Å²) in [6.07, 6.45) is 5.53. The minimum absolute atomic E-state index is 0.161. The number of hydrogen-bond donors (Lipinski definition) is 2. The zero-order valence-electron chi connectivity index (χ0n) is 19.3. The maximum atomic E-state index is 12.7. The Morgan fingerprint density at radius 1 is 1.03 bits per heavy atom. The monoisotopic (exact) mass is 452 g/mol. The van der Waals surface area contributed by atoms with Crippen LogP contribution in [0, 0.1) is 0 Å². The fourth-order valence-corrected chi connectivity index (χ4v) is 4.41. The summed E-state index contributed by atoms with van der Waals surface area (Å²) in [4.78, 5) is 26.4. The molecule has 172 valence electrons. The highest BCUT2D eigenvalue weighted by Gasteiger charge is 2.17. The maximum absolute atomic E-state index is 12.7. The zero-order valence-corrected chi connectivity index (χ0v) is 19.3. The van der Waals surface area contributed by atoms with Crippen molar-refractivity contribution in [2.45, 2.75) is 39.2 Å².